The van der Waals surface area contributed by atoms with E-state index in [1.165, 1.54) is 4.90 Å². The molecule has 2 rings (SSSR count). The fourth-order valence-electron chi connectivity index (χ4n) is 2.18. The monoisotopic (exact) mass is 242 g/mol. The Balaban J connectivity index is 2.24. The van der Waals surface area contributed by atoms with Crippen molar-refractivity contribution in [3.63, 3.8) is 0 Å². The van der Waals surface area contributed by atoms with Crippen molar-refractivity contribution in [1.82, 2.24) is 4.90 Å². The van der Waals surface area contributed by atoms with Crippen LogP contribution in [-0.2, 0) is 0 Å². The third-order valence-electron chi connectivity index (χ3n) is 3.18. The van der Waals surface area contributed by atoms with Gasteiger partial charge in [-0.2, -0.15) is 5.26 Å². The molecule has 0 atom stereocenters. The molecule has 4 heteroatoms. The number of benzene rings is 1. The summed E-state index contributed by atoms with van der Waals surface area (Å²) < 4.78 is 0. The van der Waals surface area contributed by atoms with Gasteiger partial charge in [0.15, 0.2) is 0 Å². The Morgan fingerprint density at radius 3 is 2.78 bits per heavy atom. The summed E-state index contributed by atoms with van der Waals surface area (Å²) in [6.45, 7) is 2.94. The fraction of sp³-hybridized carbons (Fsp3) is 0.286. The van der Waals surface area contributed by atoms with Crippen LogP contribution in [0.25, 0.3) is 5.57 Å². The Morgan fingerprint density at radius 2 is 2.28 bits per heavy atom. The minimum atomic E-state index is -0.873. The fourth-order valence-corrected chi connectivity index (χ4v) is 2.18. The van der Waals surface area contributed by atoms with E-state index in [-0.39, 0.29) is 0 Å². The first-order valence-corrected chi connectivity index (χ1v) is 5.80. The first-order valence-electron chi connectivity index (χ1n) is 5.80. The number of carboxylic acid groups (broad SMARTS) is 1. The van der Waals surface area contributed by atoms with E-state index < -0.39 is 6.09 Å². The van der Waals surface area contributed by atoms with E-state index in [4.69, 9.17) is 10.4 Å². The van der Waals surface area contributed by atoms with Crippen molar-refractivity contribution in [1.29, 1.82) is 5.26 Å². The van der Waals surface area contributed by atoms with Crippen LogP contribution in [-0.4, -0.2) is 29.2 Å². The molecule has 92 valence electrons. The summed E-state index contributed by atoms with van der Waals surface area (Å²) >= 11 is 0. The van der Waals surface area contributed by atoms with Crippen molar-refractivity contribution in [2.45, 2.75) is 13.3 Å². The van der Waals surface area contributed by atoms with Crippen LogP contribution >= 0.6 is 0 Å². The highest BCUT2D eigenvalue weighted by Crippen LogP contribution is 2.25. The first-order chi connectivity index (χ1) is 8.61. The second-order valence-corrected chi connectivity index (χ2v) is 4.35. The smallest absolute Gasteiger partial charge is 0.407 e. The minimum Gasteiger partial charge on any atom is -0.465 e. The van der Waals surface area contributed by atoms with Gasteiger partial charge in [0.25, 0.3) is 0 Å². The molecule has 0 radical (unpaired) electrons. The summed E-state index contributed by atoms with van der Waals surface area (Å²) in [4.78, 5) is 12.2. The van der Waals surface area contributed by atoms with Gasteiger partial charge >= 0.3 is 6.09 Å². The topological polar surface area (TPSA) is 64.3 Å². The number of hydrogen-bond donors (Lipinski definition) is 1. The van der Waals surface area contributed by atoms with E-state index in [9.17, 15) is 4.79 Å². The zero-order valence-electron chi connectivity index (χ0n) is 10.2. The highest BCUT2D eigenvalue weighted by molar-refractivity contribution is 5.73. The molecular weight excluding hydrogens is 228 g/mol. The Hall–Kier alpha value is -2.28. The summed E-state index contributed by atoms with van der Waals surface area (Å²) in [5.41, 5.74) is 3.98. The Morgan fingerprint density at radius 1 is 1.50 bits per heavy atom. The van der Waals surface area contributed by atoms with E-state index in [0.29, 0.717) is 18.7 Å². The largest absolute Gasteiger partial charge is 0.465 e. The van der Waals surface area contributed by atoms with Crippen LogP contribution < -0.4 is 0 Å². The molecule has 1 aromatic rings. The molecule has 0 fully saturated rings. The van der Waals surface area contributed by atoms with Crippen molar-refractivity contribution in [3.8, 4) is 6.07 Å². The van der Waals surface area contributed by atoms with Crippen molar-refractivity contribution in [3.05, 3.63) is 41.0 Å². The Labute approximate surface area is 106 Å². The maximum absolute atomic E-state index is 10.8. The molecule has 1 aliphatic heterocycles. The maximum Gasteiger partial charge on any atom is 0.407 e. The second kappa shape index (κ2) is 4.92. The predicted molar refractivity (Wildman–Crippen MR) is 68.1 cm³/mol. The summed E-state index contributed by atoms with van der Waals surface area (Å²) in [5.74, 6) is 0. The zero-order valence-corrected chi connectivity index (χ0v) is 10.2. The number of hydrogen-bond acceptors (Lipinski definition) is 2. The van der Waals surface area contributed by atoms with Crippen molar-refractivity contribution >= 4 is 11.7 Å². The summed E-state index contributed by atoms with van der Waals surface area (Å²) in [5, 5.41) is 17.7. The Kier molecular flexibility index (Phi) is 3.33. The zero-order chi connectivity index (χ0) is 13.1. The molecule has 0 aliphatic carbocycles. The molecule has 0 saturated heterocycles. The van der Waals surface area contributed by atoms with Crippen molar-refractivity contribution < 1.29 is 9.90 Å². The number of nitriles is 1. The molecule has 4 nitrogen and oxygen atoms in total. The number of nitrogens with zero attached hydrogens (tertiary/aromatic N) is 2. The number of rotatable bonds is 1. The van der Waals surface area contributed by atoms with Gasteiger partial charge in [-0.15, -0.1) is 0 Å². The van der Waals surface area contributed by atoms with Crippen LogP contribution in [0.5, 0.6) is 0 Å². The average molecular weight is 242 g/mol. The van der Waals surface area contributed by atoms with E-state index in [0.717, 1.165) is 23.1 Å². The molecule has 18 heavy (non-hydrogen) atoms. The molecule has 0 unspecified atom stereocenters. The lowest BCUT2D eigenvalue weighted by Crippen LogP contribution is -2.33. The maximum atomic E-state index is 10.8. The van der Waals surface area contributed by atoms with Crippen molar-refractivity contribution in [2.75, 3.05) is 13.1 Å². The molecule has 0 spiro atoms. The van der Waals surface area contributed by atoms with Crippen LogP contribution in [0.2, 0.25) is 0 Å². The van der Waals surface area contributed by atoms with E-state index in [1.54, 1.807) is 6.07 Å². The standard InChI is InChI=1S/C14H14N2O2/c1-10-8-11(9-15)2-3-13(10)12-4-6-16(7-5-12)14(17)18/h2-4,8H,5-7H2,1H3,(H,17,18). The van der Waals surface area contributed by atoms with E-state index in [1.807, 2.05) is 25.1 Å². The van der Waals surface area contributed by atoms with Gasteiger partial charge < -0.3 is 10.0 Å². The van der Waals surface area contributed by atoms with Crippen molar-refractivity contribution in [2.24, 2.45) is 0 Å². The lowest BCUT2D eigenvalue weighted by Gasteiger charge is -2.24. The molecule has 1 heterocycles. The molecule has 1 N–H and O–H groups in total. The summed E-state index contributed by atoms with van der Waals surface area (Å²) in [7, 11) is 0. The molecular formula is C14H14N2O2. The Bertz CT molecular complexity index is 555. The molecule has 1 amide bonds. The lowest BCUT2D eigenvalue weighted by atomic mass is 9.94. The van der Waals surface area contributed by atoms with Gasteiger partial charge in [-0.25, -0.2) is 4.79 Å². The predicted octanol–water partition coefficient (Wildman–Crippen LogP) is 2.63. The highest BCUT2D eigenvalue weighted by Gasteiger charge is 2.17. The number of carbonyl (C=O) groups is 1. The summed E-state index contributed by atoms with van der Waals surface area (Å²) in [6, 6.07) is 7.71. The van der Waals surface area contributed by atoms with Crippen LogP contribution in [0.3, 0.4) is 0 Å². The van der Waals surface area contributed by atoms with Gasteiger partial charge in [0, 0.05) is 13.1 Å². The van der Waals surface area contributed by atoms with Gasteiger partial charge in [-0.1, -0.05) is 12.1 Å². The van der Waals surface area contributed by atoms with Gasteiger partial charge in [0.2, 0.25) is 0 Å². The second-order valence-electron chi connectivity index (χ2n) is 4.35. The average Bonchev–Trinajstić information content (AvgIpc) is 2.38. The van der Waals surface area contributed by atoms with Crippen LogP contribution in [0.1, 0.15) is 23.1 Å². The first kappa shape index (κ1) is 12.2. The highest BCUT2D eigenvalue weighted by atomic mass is 16.4. The van der Waals surface area contributed by atoms with E-state index >= 15 is 0 Å². The molecule has 0 aromatic heterocycles. The quantitative estimate of drug-likeness (QED) is 0.823. The van der Waals surface area contributed by atoms with Crippen LogP contribution in [0.4, 0.5) is 4.79 Å². The molecule has 1 aromatic carbocycles. The normalized spacial score (nSPS) is 14.9. The third kappa shape index (κ3) is 2.35. The van der Waals surface area contributed by atoms with Gasteiger partial charge in [0.05, 0.1) is 11.6 Å². The van der Waals surface area contributed by atoms with Gasteiger partial charge in [-0.05, 0) is 42.2 Å². The summed E-state index contributed by atoms with van der Waals surface area (Å²) in [6.07, 6.45) is 1.80. The van der Waals surface area contributed by atoms with Gasteiger partial charge in [0.1, 0.15) is 0 Å². The molecule has 0 bridgehead atoms. The third-order valence-corrected chi connectivity index (χ3v) is 3.18. The molecule has 0 saturated carbocycles. The van der Waals surface area contributed by atoms with E-state index in [2.05, 4.69) is 6.07 Å². The SMILES string of the molecule is Cc1cc(C#N)ccc1C1=CCN(C(=O)O)CC1. The number of aryl methyl sites for hydroxylation is 1. The minimum absolute atomic E-state index is 0.435. The van der Waals surface area contributed by atoms with Crippen LogP contribution in [0.15, 0.2) is 24.3 Å². The molecule has 1 aliphatic rings. The van der Waals surface area contributed by atoms with Crippen LogP contribution in [0, 0.1) is 18.3 Å². The lowest BCUT2D eigenvalue weighted by molar-refractivity contribution is 0.150. The van der Waals surface area contributed by atoms with Gasteiger partial charge in [-0.3, -0.25) is 0 Å². The number of amides is 1.